The Bertz CT molecular complexity index is 374. The molecule has 6 heteroatoms. The summed E-state index contributed by atoms with van der Waals surface area (Å²) in [5, 5.41) is 7.50. The largest absolute Gasteiger partial charge is 0.316 e. The van der Waals surface area contributed by atoms with Crippen LogP contribution in [0, 0.1) is 0 Å². The van der Waals surface area contributed by atoms with Crippen LogP contribution in [0.2, 0.25) is 0 Å². The van der Waals surface area contributed by atoms with Crippen molar-refractivity contribution in [3.8, 4) is 0 Å². The smallest absolute Gasteiger partial charge is 0.208 e. The van der Waals surface area contributed by atoms with Crippen LogP contribution in [-0.4, -0.2) is 34.3 Å². The van der Waals surface area contributed by atoms with Crippen LogP contribution in [0.4, 0.5) is 0 Å². The standard InChI is InChI=1S/C10H18N2O2S2/c1-16(13,14)12-6-2-5-11-7-3-10-4-8-15-9-10/h4,8-9,11-12H,2-3,5-7H2,1H3. The first-order valence-electron chi connectivity index (χ1n) is 5.24. The van der Waals surface area contributed by atoms with Gasteiger partial charge in [-0.3, -0.25) is 0 Å². The van der Waals surface area contributed by atoms with Gasteiger partial charge in [0.1, 0.15) is 0 Å². The van der Waals surface area contributed by atoms with E-state index >= 15 is 0 Å². The normalized spacial score (nSPS) is 11.8. The maximum absolute atomic E-state index is 10.7. The summed E-state index contributed by atoms with van der Waals surface area (Å²) in [6.45, 7) is 2.28. The van der Waals surface area contributed by atoms with E-state index in [1.165, 1.54) is 11.8 Å². The van der Waals surface area contributed by atoms with Gasteiger partial charge in [0.15, 0.2) is 0 Å². The highest BCUT2D eigenvalue weighted by atomic mass is 32.2. The number of hydrogen-bond acceptors (Lipinski definition) is 4. The van der Waals surface area contributed by atoms with Crippen LogP contribution in [0.3, 0.4) is 0 Å². The molecule has 0 amide bonds. The number of rotatable bonds is 8. The quantitative estimate of drug-likeness (QED) is 0.682. The molecule has 1 aromatic rings. The van der Waals surface area contributed by atoms with Gasteiger partial charge in [0.25, 0.3) is 0 Å². The van der Waals surface area contributed by atoms with E-state index in [0.717, 1.165) is 25.9 Å². The van der Waals surface area contributed by atoms with E-state index in [1.807, 2.05) is 0 Å². The fourth-order valence-electron chi connectivity index (χ4n) is 1.26. The van der Waals surface area contributed by atoms with E-state index in [2.05, 4.69) is 26.9 Å². The highest BCUT2D eigenvalue weighted by Gasteiger charge is 1.98. The van der Waals surface area contributed by atoms with Crippen molar-refractivity contribution >= 4 is 21.4 Å². The van der Waals surface area contributed by atoms with Crippen molar-refractivity contribution in [2.24, 2.45) is 0 Å². The van der Waals surface area contributed by atoms with Gasteiger partial charge in [0.05, 0.1) is 6.26 Å². The van der Waals surface area contributed by atoms with E-state index in [0.29, 0.717) is 6.54 Å². The van der Waals surface area contributed by atoms with E-state index in [9.17, 15) is 8.42 Å². The Morgan fingerprint density at radius 2 is 2.12 bits per heavy atom. The zero-order valence-corrected chi connectivity index (χ0v) is 11.0. The molecular weight excluding hydrogens is 244 g/mol. The Kier molecular flexibility index (Phi) is 5.97. The van der Waals surface area contributed by atoms with E-state index in [-0.39, 0.29) is 0 Å². The summed E-state index contributed by atoms with van der Waals surface area (Å²) < 4.78 is 24.0. The topological polar surface area (TPSA) is 58.2 Å². The van der Waals surface area contributed by atoms with Crippen molar-refractivity contribution in [2.45, 2.75) is 12.8 Å². The first-order valence-corrected chi connectivity index (χ1v) is 8.08. The summed E-state index contributed by atoms with van der Waals surface area (Å²) in [5.41, 5.74) is 1.35. The highest BCUT2D eigenvalue weighted by molar-refractivity contribution is 7.88. The molecule has 4 nitrogen and oxygen atoms in total. The summed E-state index contributed by atoms with van der Waals surface area (Å²) in [6.07, 6.45) is 3.02. The van der Waals surface area contributed by atoms with Crippen LogP contribution in [-0.2, 0) is 16.4 Å². The molecule has 0 radical (unpaired) electrons. The fraction of sp³-hybridized carbons (Fsp3) is 0.600. The first kappa shape index (κ1) is 13.6. The second-order valence-corrected chi connectivity index (χ2v) is 6.26. The molecule has 92 valence electrons. The van der Waals surface area contributed by atoms with Crippen molar-refractivity contribution in [1.82, 2.24) is 10.0 Å². The van der Waals surface area contributed by atoms with Gasteiger partial charge in [-0.1, -0.05) is 0 Å². The van der Waals surface area contributed by atoms with Crippen molar-refractivity contribution in [3.05, 3.63) is 22.4 Å². The molecule has 16 heavy (non-hydrogen) atoms. The van der Waals surface area contributed by atoms with Gasteiger partial charge in [0.2, 0.25) is 10.0 Å². The molecule has 0 saturated carbocycles. The lowest BCUT2D eigenvalue weighted by molar-refractivity contribution is 0.579. The molecule has 0 fully saturated rings. The molecule has 0 atom stereocenters. The van der Waals surface area contributed by atoms with Crippen molar-refractivity contribution in [3.63, 3.8) is 0 Å². The van der Waals surface area contributed by atoms with Gasteiger partial charge in [-0.05, 0) is 48.3 Å². The first-order chi connectivity index (χ1) is 7.58. The molecule has 0 aliphatic heterocycles. The molecular formula is C10H18N2O2S2. The van der Waals surface area contributed by atoms with Crippen molar-refractivity contribution in [1.29, 1.82) is 0 Å². The molecule has 0 aliphatic carbocycles. The lowest BCUT2D eigenvalue weighted by atomic mass is 10.2. The van der Waals surface area contributed by atoms with Crippen LogP contribution in [0.1, 0.15) is 12.0 Å². The zero-order valence-electron chi connectivity index (χ0n) is 9.40. The average Bonchev–Trinajstić information content (AvgIpc) is 2.67. The molecule has 0 unspecified atom stereocenters. The molecule has 2 N–H and O–H groups in total. The molecule has 0 aliphatic rings. The van der Waals surface area contributed by atoms with Crippen LogP contribution in [0.15, 0.2) is 16.8 Å². The second kappa shape index (κ2) is 7.01. The minimum atomic E-state index is -3.03. The third-order valence-electron chi connectivity index (χ3n) is 2.07. The Labute approximate surface area is 101 Å². The number of sulfonamides is 1. The predicted molar refractivity (Wildman–Crippen MR) is 68.4 cm³/mol. The number of nitrogens with one attached hydrogen (secondary N) is 2. The summed E-state index contributed by atoms with van der Waals surface area (Å²) >= 11 is 1.71. The second-order valence-electron chi connectivity index (χ2n) is 3.65. The fourth-order valence-corrected chi connectivity index (χ4v) is 2.48. The molecule has 1 heterocycles. The minimum Gasteiger partial charge on any atom is -0.316 e. The van der Waals surface area contributed by atoms with Gasteiger partial charge in [0, 0.05) is 6.54 Å². The molecule has 1 rings (SSSR count). The number of thiophene rings is 1. The summed E-state index contributed by atoms with van der Waals surface area (Å²) in [5.74, 6) is 0. The van der Waals surface area contributed by atoms with Crippen LogP contribution in [0.5, 0.6) is 0 Å². The summed E-state index contributed by atoms with van der Waals surface area (Å²) in [6, 6.07) is 2.12. The maximum Gasteiger partial charge on any atom is 0.208 e. The van der Waals surface area contributed by atoms with Gasteiger partial charge < -0.3 is 5.32 Å². The van der Waals surface area contributed by atoms with E-state index < -0.39 is 10.0 Å². The third kappa shape index (κ3) is 6.95. The lowest BCUT2D eigenvalue weighted by Crippen LogP contribution is -2.27. The Morgan fingerprint density at radius 1 is 1.31 bits per heavy atom. The van der Waals surface area contributed by atoms with Gasteiger partial charge in [-0.25, -0.2) is 13.1 Å². The zero-order chi connectivity index (χ0) is 11.9. The SMILES string of the molecule is CS(=O)(=O)NCCCNCCc1ccsc1. The van der Waals surface area contributed by atoms with Crippen molar-refractivity contribution in [2.75, 3.05) is 25.9 Å². The summed E-state index contributed by atoms with van der Waals surface area (Å²) in [7, 11) is -3.03. The van der Waals surface area contributed by atoms with Crippen LogP contribution < -0.4 is 10.0 Å². The minimum absolute atomic E-state index is 0.504. The van der Waals surface area contributed by atoms with E-state index in [1.54, 1.807) is 11.3 Å². The Hall–Kier alpha value is -0.430. The van der Waals surface area contributed by atoms with Gasteiger partial charge in [-0.15, -0.1) is 0 Å². The summed E-state index contributed by atoms with van der Waals surface area (Å²) in [4.78, 5) is 0. The molecule has 0 spiro atoms. The van der Waals surface area contributed by atoms with Gasteiger partial charge in [-0.2, -0.15) is 11.3 Å². The average molecular weight is 262 g/mol. The van der Waals surface area contributed by atoms with Crippen LogP contribution >= 0.6 is 11.3 Å². The third-order valence-corrected chi connectivity index (χ3v) is 3.53. The lowest BCUT2D eigenvalue weighted by Gasteiger charge is -2.04. The number of hydrogen-bond donors (Lipinski definition) is 2. The molecule has 0 aromatic carbocycles. The Morgan fingerprint density at radius 3 is 2.75 bits per heavy atom. The molecule has 0 bridgehead atoms. The molecule has 1 aromatic heterocycles. The predicted octanol–water partition coefficient (Wildman–Crippen LogP) is 0.819. The van der Waals surface area contributed by atoms with Crippen molar-refractivity contribution < 1.29 is 8.42 Å². The maximum atomic E-state index is 10.7. The van der Waals surface area contributed by atoms with E-state index in [4.69, 9.17) is 0 Å². The molecule has 0 saturated heterocycles. The highest BCUT2D eigenvalue weighted by Crippen LogP contribution is 2.05. The Balaban J connectivity index is 1.93. The van der Waals surface area contributed by atoms with Gasteiger partial charge >= 0.3 is 0 Å². The van der Waals surface area contributed by atoms with Crippen LogP contribution in [0.25, 0.3) is 0 Å². The monoisotopic (exact) mass is 262 g/mol.